The van der Waals surface area contributed by atoms with E-state index in [0.29, 0.717) is 15.7 Å². The number of rotatable bonds is 4. The van der Waals surface area contributed by atoms with Crippen molar-refractivity contribution in [1.29, 1.82) is 0 Å². The molecule has 0 saturated carbocycles. The number of thioether (sulfide) groups is 1. The second-order valence-electron chi connectivity index (χ2n) is 4.33. The quantitative estimate of drug-likeness (QED) is 0.645. The smallest absolute Gasteiger partial charge is 0.237 e. The molecule has 2 aromatic carbocycles. The Bertz CT molecular complexity index is 649. The monoisotopic (exact) mass is 403 g/mol. The topological polar surface area (TPSA) is 29.1 Å². The van der Waals surface area contributed by atoms with Crippen LogP contribution in [0.5, 0.6) is 0 Å². The molecule has 1 atom stereocenters. The Morgan fingerprint density at radius 3 is 2.48 bits per heavy atom. The molecule has 0 aromatic heterocycles. The van der Waals surface area contributed by atoms with Gasteiger partial charge in [-0.25, -0.2) is 0 Å². The average molecular weight is 405 g/mol. The van der Waals surface area contributed by atoms with Gasteiger partial charge in [0.2, 0.25) is 5.91 Å². The van der Waals surface area contributed by atoms with Crippen LogP contribution >= 0.6 is 50.9 Å². The molecule has 0 spiro atoms. The highest BCUT2D eigenvalue weighted by Gasteiger charge is 2.15. The Hall–Kier alpha value is -0.680. The third-order valence-corrected chi connectivity index (χ3v) is 5.28. The number of nitrogens with one attached hydrogen (secondary N) is 1. The van der Waals surface area contributed by atoms with Gasteiger partial charge in [0.05, 0.1) is 10.3 Å². The van der Waals surface area contributed by atoms with Gasteiger partial charge in [-0.1, -0.05) is 23.2 Å². The van der Waals surface area contributed by atoms with Gasteiger partial charge in [0.25, 0.3) is 0 Å². The second-order valence-corrected chi connectivity index (χ2v) is 7.44. The van der Waals surface area contributed by atoms with Crippen LogP contribution in [0.1, 0.15) is 6.92 Å². The molecule has 0 fully saturated rings. The van der Waals surface area contributed by atoms with Crippen LogP contribution in [0.3, 0.4) is 0 Å². The van der Waals surface area contributed by atoms with Crippen LogP contribution in [-0.2, 0) is 4.79 Å². The SMILES string of the molecule is C[C@H](Sc1ccc(Cl)cc1)C(=O)Nc1ccc(Br)c(Cl)c1. The standard InChI is InChI=1S/C15H12BrCl2NOS/c1-9(21-12-5-2-10(17)3-6-12)15(20)19-11-4-7-13(16)14(18)8-11/h2-9H,1H3,(H,19,20)/t9-/m0/s1. The van der Waals surface area contributed by atoms with Crippen LogP contribution in [0.4, 0.5) is 5.69 Å². The number of halogens is 3. The summed E-state index contributed by atoms with van der Waals surface area (Å²) >= 11 is 16.6. The first-order valence-electron chi connectivity index (χ1n) is 6.14. The minimum Gasteiger partial charge on any atom is -0.325 e. The lowest BCUT2D eigenvalue weighted by Gasteiger charge is -2.12. The summed E-state index contributed by atoms with van der Waals surface area (Å²) in [7, 11) is 0. The molecule has 0 saturated heterocycles. The number of anilines is 1. The molecule has 0 aliphatic carbocycles. The van der Waals surface area contributed by atoms with Gasteiger partial charge >= 0.3 is 0 Å². The van der Waals surface area contributed by atoms with Crippen molar-refractivity contribution in [3.8, 4) is 0 Å². The zero-order valence-electron chi connectivity index (χ0n) is 11.1. The molecule has 0 heterocycles. The van der Waals surface area contributed by atoms with E-state index in [2.05, 4.69) is 21.2 Å². The highest BCUT2D eigenvalue weighted by molar-refractivity contribution is 9.10. The molecule has 110 valence electrons. The zero-order valence-corrected chi connectivity index (χ0v) is 15.0. The van der Waals surface area contributed by atoms with Gasteiger partial charge in [0.15, 0.2) is 0 Å². The normalized spacial score (nSPS) is 12.0. The zero-order chi connectivity index (χ0) is 15.4. The number of carbonyl (C=O) groups is 1. The minimum absolute atomic E-state index is 0.0756. The second kappa shape index (κ2) is 7.54. The van der Waals surface area contributed by atoms with Crippen molar-refractivity contribution < 1.29 is 4.79 Å². The van der Waals surface area contributed by atoms with Crippen molar-refractivity contribution in [3.05, 3.63) is 57.0 Å². The third-order valence-electron chi connectivity index (χ3n) is 2.68. The van der Waals surface area contributed by atoms with E-state index in [4.69, 9.17) is 23.2 Å². The molecule has 21 heavy (non-hydrogen) atoms. The summed E-state index contributed by atoms with van der Waals surface area (Å²) in [5.41, 5.74) is 0.678. The first kappa shape index (κ1) is 16.7. The van der Waals surface area contributed by atoms with E-state index < -0.39 is 0 Å². The predicted octanol–water partition coefficient (Wildman–Crippen LogP) is 5.88. The molecule has 2 rings (SSSR count). The summed E-state index contributed by atoms with van der Waals surface area (Å²) in [6.45, 7) is 1.86. The number of hydrogen-bond donors (Lipinski definition) is 1. The number of amides is 1. The van der Waals surface area contributed by atoms with Gasteiger partial charge in [-0.05, 0) is 65.3 Å². The molecule has 0 radical (unpaired) electrons. The van der Waals surface area contributed by atoms with Crippen LogP contribution in [-0.4, -0.2) is 11.2 Å². The summed E-state index contributed by atoms with van der Waals surface area (Å²) in [4.78, 5) is 13.2. The lowest BCUT2D eigenvalue weighted by molar-refractivity contribution is -0.115. The van der Waals surface area contributed by atoms with E-state index in [9.17, 15) is 4.79 Å². The molecule has 1 amide bonds. The summed E-state index contributed by atoms with van der Waals surface area (Å²) in [5.74, 6) is -0.0756. The van der Waals surface area contributed by atoms with Crippen molar-refractivity contribution in [1.82, 2.24) is 0 Å². The van der Waals surface area contributed by atoms with E-state index in [0.717, 1.165) is 9.37 Å². The average Bonchev–Trinajstić information content (AvgIpc) is 2.45. The molecule has 0 unspecified atom stereocenters. The maximum absolute atomic E-state index is 12.2. The van der Waals surface area contributed by atoms with Crippen LogP contribution in [0.15, 0.2) is 51.8 Å². The van der Waals surface area contributed by atoms with Gasteiger partial charge in [-0.15, -0.1) is 11.8 Å². The molecule has 2 aromatic rings. The molecule has 0 aliphatic rings. The highest BCUT2D eigenvalue weighted by Crippen LogP contribution is 2.28. The van der Waals surface area contributed by atoms with E-state index in [-0.39, 0.29) is 11.2 Å². The maximum atomic E-state index is 12.2. The van der Waals surface area contributed by atoms with Crippen LogP contribution < -0.4 is 5.32 Å². The Morgan fingerprint density at radius 1 is 1.19 bits per heavy atom. The lowest BCUT2D eigenvalue weighted by Crippen LogP contribution is -2.22. The summed E-state index contributed by atoms with van der Waals surface area (Å²) < 4.78 is 0.797. The van der Waals surface area contributed by atoms with Crippen molar-refractivity contribution >= 4 is 62.5 Å². The Labute approximate surface area is 146 Å². The molecule has 6 heteroatoms. The fourth-order valence-electron chi connectivity index (χ4n) is 1.59. The summed E-state index contributed by atoms with van der Waals surface area (Å²) in [6.07, 6.45) is 0. The van der Waals surface area contributed by atoms with E-state index in [1.165, 1.54) is 11.8 Å². The molecule has 2 nitrogen and oxygen atoms in total. The van der Waals surface area contributed by atoms with Crippen molar-refractivity contribution in [2.24, 2.45) is 0 Å². The summed E-state index contributed by atoms with van der Waals surface area (Å²) in [5, 5.41) is 3.86. The number of hydrogen-bond acceptors (Lipinski definition) is 2. The predicted molar refractivity (Wildman–Crippen MR) is 94.6 cm³/mol. The molecular weight excluding hydrogens is 393 g/mol. The number of carbonyl (C=O) groups excluding carboxylic acids is 1. The van der Waals surface area contributed by atoms with Crippen molar-refractivity contribution in [2.75, 3.05) is 5.32 Å². The maximum Gasteiger partial charge on any atom is 0.237 e. The first-order chi connectivity index (χ1) is 9.95. The van der Waals surface area contributed by atoms with Gasteiger partial charge in [-0.3, -0.25) is 4.79 Å². The van der Waals surface area contributed by atoms with Gasteiger partial charge in [0.1, 0.15) is 0 Å². The van der Waals surface area contributed by atoms with Crippen molar-refractivity contribution in [3.63, 3.8) is 0 Å². The van der Waals surface area contributed by atoms with E-state index in [1.54, 1.807) is 18.2 Å². The van der Waals surface area contributed by atoms with Gasteiger partial charge < -0.3 is 5.32 Å². The highest BCUT2D eigenvalue weighted by atomic mass is 79.9. The summed E-state index contributed by atoms with van der Waals surface area (Å²) in [6, 6.07) is 12.7. The Balaban J connectivity index is 1.98. The largest absolute Gasteiger partial charge is 0.325 e. The van der Waals surface area contributed by atoms with E-state index >= 15 is 0 Å². The van der Waals surface area contributed by atoms with Gasteiger partial charge in [0, 0.05) is 20.1 Å². The number of benzene rings is 2. The fourth-order valence-corrected chi connectivity index (χ4v) is 3.01. The Kier molecular flexibility index (Phi) is 5.99. The van der Waals surface area contributed by atoms with Crippen LogP contribution in [0.2, 0.25) is 10.0 Å². The third kappa shape index (κ3) is 4.92. The fraction of sp³-hybridized carbons (Fsp3) is 0.133. The first-order valence-corrected chi connectivity index (χ1v) is 8.56. The molecule has 0 bridgehead atoms. The van der Waals surface area contributed by atoms with Crippen LogP contribution in [0, 0.1) is 0 Å². The van der Waals surface area contributed by atoms with Gasteiger partial charge in [-0.2, -0.15) is 0 Å². The lowest BCUT2D eigenvalue weighted by atomic mass is 10.3. The minimum atomic E-state index is -0.228. The Morgan fingerprint density at radius 2 is 1.86 bits per heavy atom. The van der Waals surface area contributed by atoms with Crippen molar-refractivity contribution in [2.45, 2.75) is 17.1 Å². The molecule has 0 aliphatic heterocycles. The molecular formula is C15H12BrCl2NOS. The van der Waals surface area contributed by atoms with Crippen LogP contribution in [0.25, 0.3) is 0 Å². The van der Waals surface area contributed by atoms with E-state index in [1.807, 2.05) is 31.2 Å². The molecule has 1 N–H and O–H groups in total.